The molecule has 1 nitrogen and oxygen atoms in total. The van der Waals surface area contributed by atoms with E-state index >= 15 is 0 Å². The number of hydrogen-bond donors (Lipinski definition) is 0. The number of benzene rings is 3. The topological polar surface area (TPSA) is 13.1 Å². The van der Waals surface area contributed by atoms with Crippen LogP contribution in [0.25, 0.3) is 33.1 Å². The van der Waals surface area contributed by atoms with Crippen LogP contribution in [0.1, 0.15) is 0 Å². The third-order valence-corrected chi connectivity index (χ3v) is 3.81. The van der Waals surface area contributed by atoms with Gasteiger partial charge in [0.05, 0.1) is 0 Å². The van der Waals surface area contributed by atoms with E-state index in [0.717, 1.165) is 38.1 Å². The van der Waals surface area contributed by atoms with Crippen molar-refractivity contribution in [2.75, 3.05) is 0 Å². The van der Waals surface area contributed by atoms with E-state index in [-0.39, 0.29) is 0 Å². The van der Waals surface area contributed by atoms with E-state index in [2.05, 4.69) is 24.3 Å². The normalized spacial score (nSPS) is 11.2. The molecule has 0 unspecified atom stereocenters. The Kier molecular flexibility index (Phi) is 2.54. The molecule has 1 heterocycles. The molecule has 3 aromatic carbocycles. The summed E-state index contributed by atoms with van der Waals surface area (Å²) in [5.74, 6) is 0. The lowest BCUT2D eigenvalue weighted by atomic mass is 10.0. The number of para-hydroxylation sites is 2. The Balaban J connectivity index is 2.07. The minimum Gasteiger partial charge on any atom is -0.455 e. The smallest absolute Gasteiger partial charge is 0.143 e. The summed E-state index contributed by atoms with van der Waals surface area (Å²) >= 11 is 5.96. The lowest BCUT2D eigenvalue weighted by Crippen LogP contribution is -1.78. The Bertz CT molecular complexity index is 904. The number of hydrogen-bond acceptors (Lipinski definition) is 1. The third kappa shape index (κ3) is 1.71. The highest BCUT2D eigenvalue weighted by atomic mass is 35.5. The van der Waals surface area contributed by atoms with Crippen molar-refractivity contribution in [3.63, 3.8) is 0 Å². The molecule has 0 bridgehead atoms. The predicted molar refractivity (Wildman–Crippen MR) is 84.2 cm³/mol. The van der Waals surface area contributed by atoms with Gasteiger partial charge in [0.1, 0.15) is 11.2 Å². The van der Waals surface area contributed by atoms with Gasteiger partial charge in [-0.25, -0.2) is 0 Å². The van der Waals surface area contributed by atoms with Gasteiger partial charge in [-0.3, -0.25) is 0 Å². The maximum atomic E-state index is 6.04. The van der Waals surface area contributed by atoms with Crippen LogP contribution in [0.2, 0.25) is 5.02 Å². The zero-order valence-corrected chi connectivity index (χ0v) is 11.4. The van der Waals surface area contributed by atoms with Crippen LogP contribution in [0.5, 0.6) is 0 Å². The predicted octanol–water partition coefficient (Wildman–Crippen LogP) is 5.91. The molecule has 0 N–H and O–H groups in total. The minimum absolute atomic E-state index is 0.741. The van der Waals surface area contributed by atoms with Crippen molar-refractivity contribution >= 4 is 33.5 Å². The molecule has 96 valence electrons. The third-order valence-electron chi connectivity index (χ3n) is 3.56. The van der Waals surface area contributed by atoms with Crippen LogP contribution < -0.4 is 0 Å². The molecule has 4 rings (SSSR count). The maximum Gasteiger partial charge on any atom is 0.143 e. The zero-order chi connectivity index (χ0) is 13.5. The molecule has 0 saturated heterocycles. The summed E-state index contributed by atoms with van der Waals surface area (Å²) in [5, 5.41) is 3.04. The average Bonchev–Trinajstić information content (AvgIpc) is 2.87. The molecule has 20 heavy (non-hydrogen) atoms. The first kappa shape index (κ1) is 11.6. The fourth-order valence-corrected chi connectivity index (χ4v) is 2.73. The molecule has 2 heteroatoms. The Hall–Kier alpha value is -2.25. The molecule has 0 aliphatic heterocycles. The highest BCUT2D eigenvalue weighted by Crippen LogP contribution is 2.35. The molecule has 0 amide bonds. The van der Waals surface area contributed by atoms with Crippen LogP contribution in [0, 0.1) is 0 Å². The molecule has 0 atom stereocenters. The quantitative estimate of drug-likeness (QED) is 0.422. The summed E-state index contributed by atoms with van der Waals surface area (Å²) in [5.41, 5.74) is 4.05. The summed E-state index contributed by atoms with van der Waals surface area (Å²) in [4.78, 5) is 0. The van der Waals surface area contributed by atoms with Crippen LogP contribution >= 0.6 is 11.6 Å². The Labute approximate surface area is 121 Å². The second-order valence-corrected chi connectivity index (χ2v) is 5.22. The van der Waals surface area contributed by atoms with Gasteiger partial charge in [0.15, 0.2) is 0 Å². The van der Waals surface area contributed by atoms with E-state index in [1.807, 2.05) is 42.5 Å². The van der Waals surface area contributed by atoms with Crippen molar-refractivity contribution in [1.82, 2.24) is 0 Å². The SMILES string of the molecule is Clc1ccc(-c2cccc3c2oc2ccccc23)cc1. The monoisotopic (exact) mass is 278 g/mol. The van der Waals surface area contributed by atoms with Crippen molar-refractivity contribution in [3.05, 3.63) is 71.8 Å². The summed E-state index contributed by atoms with van der Waals surface area (Å²) in [7, 11) is 0. The van der Waals surface area contributed by atoms with Gasteiger partial charge in [0, 0.05) is 21.4 Å². The Morgan fingerprint density at radius 3 is 2.30 bits per heavy atom. The first-order valence-corrected chi connectivity index (χ1v) is 6.87. The average molecular weight is 279 g/mol. The fraction of sp³-hybridized carbons (Fsp3) is 0. The molecule has 4 aromatic rings. The van der Waals surface area contributed by atoms with E-state index in [1.165, 1.54) is 0 Å². The first-order valence-electron chi connectivity index (χ1n) is 6.49. The van der Waals surface area contributed by atoms with Gasteiger partial charge in [0.25, 0.3) is 0 Å². The summed E-state index contributed by atoms with van der Waals surface area (Å²) in [6, 6.07) is 22.2. The summed E-state index contributed by atoms with van der Waals surface area (Å²) < 4.78 is 6.04. The second kappa shape index (κ2) is 4.39. The van der Waals surface area contributed by atoms with Gasteiger partial charge in [0.2, 0.25) is 0 Å². The van der Waals surface area contributed by atoms with Crippen LogP contribution in [-0.2, 0) is 0 Å². The Morgan fingerprint density at radius 2 is 1.45 bits per heavy atom. The van der Waals surface area contributed by atoms with Crippen LogP contribution in [0.15, 0.2) is 71.1 Å². The van der Waals surface area contributed by atoms with E-state index in [0.29, 0.717) is 0 Å². The molecule has 0 aliphatic carbocycles. The molecule has 1 aromatic heterocycles. The number of fused-ring (bicyclic) bond motifs is 3. The molecule has 0 saturated carbocycles. The van der Waals surface area contributed by atoms with Crippen LogP contribution in [0.4, 0.5) is 0 Å². The molecule has 0 aliphatic rings. The summed E-state index contributed by atoms with van der Waals surface area (Å²) in [6.45, 7) is 0. The molecule has 0 fully saturated rings. The highest BCUT2D eigenvalue weighted by molar-refractivity contribution is 6.30. The van der Waals surface area contributed by atoms with Crippen molar-refractivity contribution < 1.29 is 4.42 Å². The van der Waals surface area contributed by atoms with Crippen molar-refractivity contribution in [2.45, 2.75) is 0 Å². The van der Waals surface area contributed by atoms with Crippen LogP contribution in [-0.4, -0.2) is 0 Å². The molecule has 0 spiro atoms. The lowest BCUT2D eigenvalue weighted by molar-refractivity contribution is 0.670. The van der Waals surface area contributed by atoms with Crippen molar-refractivity contribution in [1.29, 1.82) is 0 Å². The van der Waals surface area contributed by atoms with Crippen LogP contribution in [0.3, 0.4) is 0 Å². The highest BCUT2D eigenvalue weighted by Gasteiger charge is 2.11. The first-order chi connectivity index (χ1) is 9.83. The van der Waals surface area contributed by atoms with E-state index < -0.39 is 0 Å². The van der Waals surface area contributed by atoms with E-state index in [4.69, 9.17) is 16.0 Å². The van der Waals surface area contributed by atoms with Gasteiger partial charge in [-0.15, -0.1) is 0 Å². The standard InChI is InChI=1S/C18H11ClO/c19-13-10-8-12(9-11-13)14-5-3-6-16-15-4-1-2-7-17(15)20-18(14)16/h1-11H. The molecular weight excluding hydrogens is 268 g/mol. The zero-order valence-electron chi connectivity index (χ0n) is 10.6. The largest absolute Gasteiger partial charge is 0.455 e. The van der Waals surface area contributed by atoms with Gasteiger partial charge >= 0.3 is 0 Å². The lowest BCUT2D eigenvalue weighted by Gasteiger charge is -2.02. The van der Waals surface area contributed by atoms with Gasteiger partial charge in [-0.2, -0.15) is 0 Å². The minimum atomic E-state index is 0.741. The van der Waals surface area contributed by atoms with E-state index in [1.54, 1.807) is 0 Å². The molecule has 0 radical (unpaired) electrons. The summed E-state index contributed by atoms with van der Waals surface area (Å²) in [6.07, 6.45) is 0. The Morgan fingerprint density at radius 1 is 0.700 bits per heavy atom. The number of rotatable bonds is 1. The van der Waals surface area contributed by atoms with Gasteiger partial charge in [-0.1, -0.05) is 60.1 Å². The maximum absolute atomic E-state index is 6.04. The molecular formula is C18H11ClO. The fourth-order valence-electron chi connectivity index (χ4n) is 2.60. The van der Waals surface area contributed by atoms with Gasteiger partial charge in [-0.05, 0) is 23.8 Å². The second-order valence-electron chi connectivity index (χ2n) is 4.79. The van der Waals surface area contributed by atoms with Crippen molar-refractivity contribution in [2.24, 2.45) is 0 Å². The van der Waals surface area contributed by atoms with E-state index in [9.17, 15) is 0 Å². The van der Waals surface area contributed by atoms with Crippen molar-refractivity contribution in [3.8, 4) is 11.1 Å². The number of halogens is 1. The van der Waals surface area contributed by atoms with Gasteiger partial charge < -0.3 is 4.42 Å². The number of furan rings is 1.